The molecular formula is C48H30O. The van der Waals surface area contributed by atoms with Gasteiger partial charge in [0.05, 0.1) is 0 Å². The molecule has 0 amide bonds. The summed E-state index contributed by atoms with van der Waals surface area (Å²) in [5, 5.41) is 9.63. The Bertz CT molecular complexity index is 2810. The molecule has 0 N–H and O–H groups in total. The summed E-state index contributed by atoms with van der Waals surface area (Å²) in [5.41, 5.74) is 11.5. The van der Waals surface area contributed by atoms with Gasteiger partial charge >= 0.3 is 0 Å². The molecule has 0 aliphatic rings. The van der Waals surface area contributed by atoms with Crippen LogP contribution in [0, 0.1) is 0 Å². The Morgan fingerprint density at radius 2 is 0.776 bits per heavy atom. The molecule has 1 nitrogen and oxygen atoms in total. The van der Waals surface area contributed by atoms with Crippen molar-refractivity contribution in [2.24, 2.45) is 0 Å². The summed E-state index contributed by atoms with van der Waals surface area (Å²) in [5.74, 6) is 0. The van der Waals surface area contributed by atoms with E-state index >= 15 is 0 Å². The molecule has 0 bridgehead atoms. The van der Waals surface area contributed by atoms with E-state index < -0.39 is 0 Å². The number of hydrogen-bond acceptors (Lipinski definition) is 1. The number of fused-ring (bicyclic) bond motifs is 6. The Labute approximate surface area is 284 Å². The zero-order valence-electron chi connectivity index (χ0n) is 26.7. The summed E-state index contributed by atoms with van der Waals surface area (Å²) >= 11 is 0. The Morgan fingerprint density at radius 3 is 1.49 bits per heavy atom. The van der Waals surface area contributed by atoms with Crippen LogP contribution in [0.5, 0.6) is 0 Å². The maximum Gasteiger partial charge on any atom is 0.136 e. The van der Waals surface area contributed by atoms with Gasteiger partial charge in [0, 0.05) is 10.8 Å². The molecule has 1 heterocycles. The van der Waals surface area contributed by atoms with Crippen molar-refractivity contribution < 1.29 is 4.42 Å². The van der Waals surface area contributed by atoms with Gasteiger partial charge in [0.25, 0.3) is 0 Å². The Hall–Kier alpha value is -6.44. The molecule has 228 valence electrons. The maximum atomic E-state index is 6.52. The monoisotopic (exact) mass is 622 g/mol. The fourth-order valence-corrected chi connectivity index (χ4v) is 7.94. The first-order valence-corrected chi connectivity index (χ1v) is 16.9. The van der Waals surface area contributed by atoms with Gasteiger partial charge in [-0.05, 0) is 95.0 Å². The summed E-state index contributed by atoms with van der Waals surface area (Å²) in [6.45, 7) is 0. The Balaban J connectivity index is 1.37. The van der Waals surface area contributed by atoms with Crippen LogP contribution in [0.4, 0.5) is 0 Å². The molecule has 0 aliphatic heterocycles. The van der Waals surface area contributed by atoms with Crippen molar-refractivity contribution in [1.29, 1.82) is 0 Å². The maximum absolute atomic E-state index is 6.52. The molecule has 49 heavy (non-hydrogen) atoms. The van der Waals surface area contributed by atoms with E-state index in [1.54, 1.807) is 0 Å². The highest BCUT2D eigenvalue weighted by molar-refractivity contribution is 6.25. The average molecular weight is 623 g/mol. The topological polar surface area (TPSA) is 13.1 Å². The van der Waals surface area contributed by atoms with Crippen molar-refractivity contribution in [3.8, 4) is 44.5 Å². The molecule has 0 spiro atoms. The zero-order chi connectivity index (χ0) is 32.3. The van der Waals surface area contributed by atoms with E-state index in [2.05, 4.69) is 176 Å². The number of para-hydroxylation sites is 1. The fraction of sp³-hybridized carbons (Fsp3) is 0. The van der Waals surface area contributed by atoms with Crippen molar-refractivity contribution in [2.75, 3.05) is 0 Å². The molecule has 1 heteroatoms. The molecule has 0 saturated heterocycles. The molecule has 0 aliphatic carbocycles. The lowest BCUT2D eigenvalue weighted by Crippen LogP contribution is -1.94. The Kier molecular flexibility index (Phi) is 6.25. The lowest BCUT2D eigenvalue weighted by molar-refractivity contribution is 0.669. The predicted molar refractivity (Wildman–Crippen MR) is 208 cm³/mol. The molecule has 0 saturated carbocycles. The van der Waals surface area contributed by atoms with Gasteiger partial charge in [0.1, 0.15) is 11.2 Å². The van der Waals surface area contributed by atoms with E-state index in [-0.39, 0.29) is 0 Å². The molecule has 1 aromatic heterocycles. The quantitative estimate of drug-likeness (QED) is 0.178. The summed E-state index contributed by atoms with van der Waals surface area (Å²) < 4.78 is 6.52. The smallest absolute Gasteiger partial charge is 0.136 e. The average Bonchev–Trinajstić information content (AvgIpc) is 3.54. The van der Waals surface area contributed by atoms with Crippen LogP contribution >= 0.6 is 0 Å². The van der Waals surface area contributed by atoms with Gasteiger partial charge in [0.2, 0.25) is 0 Å². The van der Waals surface area contributed by atoms with Gasteiger partial charge in [-0.3, -0.25) is 0 Å². The van der Waals surface area contributed by atoms with E-state index in [1.165, 1.54) is 71.3 Å². The summed E-state index contributed by atoms with van der Waals surface area (Å²) in [7, 11) is 0. The second-order valence-electron chi connectivity index (χ2n) is 12.8. The van der Waals surface area contributed by atoms with Crippen LogP contribution in [0.3, 0.4) is 0 Å². The van der Waals surface area contributed by atoms with E-state index in [9.17, 15) is 0 Å². The molecule has 0 radical (unpaired) electrons. The van der Waals surface area contributed by atoms with Crippen LogP contribution < -0.4 is 0 Å². The van der Waals surface area contributed by atoms with Crippen LogP contribution in [0.15, 0.2) is 186 Å². The molecule has 10 rings (SSSR count). The van der Waals surface area contributed by atoms with Crippen molar-refractivity contribution in [1.82, 2.24) is 0 Å². The second-order valence-corrected chi connectivity index (χ2v) is 12.8. The van der Waals surface area contributed by atoms with Crippen LogP contribution in [0.2, 0.25) is 0 Å². The van der Waals surface area contributed by atoms with E-state index in [1.807, 2.05) is 6.07 Å². The minimum absolute atomic E-state index is 0.898. The van der Waals surface area contributed by atoms with Crippen LogP contribution in [0.25, 0.3) is 98.8 Å². The largest absolute Gasteiger partial charge is 0.456 e. The fourth-order valence-electron chi connectivity index (χ4n) is 7.94. The van der Waals surface area contributed by atoms with Crippen LogP contribution in [0.1, 0.15) is 0 Å². The number of hydrogen-bond donors (Lipinski definition) is 0. The minimum atomic E-state index is 0.898. The van der Waals surface area contributed by atoms with Crippen LogP contribution in [-0.4, -0.2) is 0 Å². The van der Waals surface area contributed by atoms with Crippen molar-refractivity contribution in [3.05, 3.63) is 182 Å². The van der Waals surface area contributed by atoms with Crippen molar-refractivity contribution in [3.63, 3.8) is 0 Å². The van der Waals surface area contributed by atoms with Crippen molar-refractivity contribution >= 4 is 54.3 Å². The zero-order valence-corrected chi connectivity index (χ0v) is 26.7. The number of furan rings is 1. The highest BCUT2D eigenvalue weighted by Gasteiger charge is 2.22. The number of benzene rings is 9. The van der Waals surface area contributed by atoms with Gasteiger partial charge in [-0.1, -0.05) is 164 Å². The van der Waals surface area contributed by atoms with Gasteiger partial charge in [-0.25, -0.2) is 0 Å². The lowest BCUT2D eigenvalue weighted by Gasteiger charge is -2.21. The first-order chi connectivity index (χ1) is 24.3. The SMILES string of the molecule is c1ccc(-c2ccccc2-c2c3ccccc3c(-c3cc4c(cc3-c3cccc5ccccc35)oc3ccccc34)c3ccccc23)cc1. The summed E-state index contributed by atoms with van der Waals surface area (Å²) in [6, 6.07) is 65.8. The lowest BCUT2D eigenvalue weighted by atomic mass is 9.81. The third-order valence-corrected chi connectivity index (χ3v) is 10.1. The first-order valence-electron chi connectivity index (χ1n) is 16.9. The molecule has 10 aromatic rings. The highest BCUT2D eigenvalue weighted by atomic mass is 16.3. The summed E-state index contributed by atoms with van der Waals surface area (Å²) in [4.78, 5) is 0. The second kappa shape index (κ2) is 11.1. The van der Waals surface area contributed by atoms with Gasteiger partial charge in [-0.2, -0.15) is 0 Å². The third-order valence-electron chi connectivity index (χ3n) is 10.1. The molecule has 0 fully saturated rings. The van der Waals surface area contributed by atoms with E-state index in [0.717, 1.165) is 27.5 Å². The standard InChI is InChI=1S/C48H30O/c1-2-15-31(16-3-1)34-20-6-7-22-37(34)47-38-23-8-10-25-40(38)48(41-26-11-9-24-39(41)47)44-29-43-36-21-12-13-28-45(36)49-46(43)30-42(44)35-27-14-18-32-17-4-5-19-33(32)35/h1-30H. The molecule has 0 atom stereocenters. The molecule has 9 aromatic carbocycles. The summed E-state index contributed by atoms with van der Waals surface area (Å²) in [6.07, 6.45) is 0. The third kappa shape index (κ3) is 4.33. The highest BCUT2D eigenvalue weighted by Crippen LogP contribution is 2.49. The van der Waals surface area contributed by atoms with Crippen molar-refractivity contribution in [2.45, 2.75) is 0 Å². The predicted octanol–water partition coefficient (Wildman–Crippen LogP) is 13.7. The van der Waals surface area contributed by atoms with E-state index in [4.69, 9.17) is 4.42 Å². The van der Waals surface area contributed by atoms with Gasteiger partial charge in [-0.15, -0.1) is 0 Å². The Morgan fingerprint density at radius 1 is 0.265 bits per heavy atom. The van der Waals surface area contributed by atoms with Crippen LogP contribution in [-0.2, 0) is 0 Å². The van der Waals surface area contributed by atoms with Gasteiger partial charge in [0.15, 0.2) is 0 Å². The normalized spacial score (nSPS) is 11.7. The molecule has 0 unspecified atom stereocenters. The minimum Gasteiger partial charge on any atom is -0.456 e. The molecular weight excluding hydrogens is 593 g/mol. The van der Waals surface area contributed by atoms with Gasteiger partial charge < -0.3 is 4.42 Å². The number of rotatable bonds is 4. The first kappa shape index (κ1) is 27.7. The van der Waals surface area contributed by atoms with E-state index in [0.29, 0.717) is 0 Å².